The number of rotatable bonds is 11. The third-order valence-electron chi connectivity index (χ3n) is 2.42. The average molecular weight is 241 g/mol. The first kappa shape index (κ1) is 16.2. The maximum absolute atomic E-state index is 11.4. The van der Waals surface area contributed by atoms with Crippen molar-refractivity contribution in [2.75, 3.05) is 19.8 Å². The molecule has 0 radical (unpaired) electrons. The molecule has 0 heterocycles. The first-order valence-corrected chi connectivity index (χ1v) is 6.65. The Morgan fingerprint density at radius 2 is 1.94 bits per heavy atom. The van der Waals surface area contributed by atoms with Crippen LogP contribution in [-0.4, -0.2) is 25.7 Å². The number of amides is 1. The molecular formula is C14H27NO2. The van der Waals surface area contributed by atoms with Gasteiger partial charge in [0, 0.05) is 13.0 Å². The number of unbranched alkanes of at least 4 members (excludes halogenated alkanes) is 4. The van der Waals surface area contributed by atoms with Gasteiger partial charge in [-0.3, -0.25) is 4.79 Å². The van der Waals surface area contributed by atoms with Gasteiger partial charge in [0.05, 0.1) is 13.2 Å². The number of carbonyl (C=O) groups excluding carboxylic acids is 1. The van der Waals surface area contributed by atoms with Gasteiger partial charge in [0.15, 0.2) is 0 Å². The molecular weight excluding hydrogens is 214 g/mol. The molecule has 0 fully saturated rings. The van der Waals surface area contributed by atoms with Gasteiger partial charge in [0.1, 0.15) is 0 Å². The van der Waals surface area contributed by atoms with Crippen LogP contribution in [0.15, 0.2) is 12.2 Å². The summed E-state index contributed by atoms with van der Waals surface area (Å²) >= 11 is 0. The molecule has 0 aliphatic rings. The summed E-state index contributed by atoms with van der Waals surface area (Å²) in [4.78, 5) is 11.4. The maximum Gasteiger partial charge on any atom is 0.220 e. The van der Waals surface area contributed by atoms with Crippen LogP contribution in [0.1, 0.15) is 52.4 Å². The van der Waals surface area contributed by atoms with Crippen molar-refractivity contribution < 1.29 is 9.53 Å². The Balaban J connectivity index is 3.20. The lowest BCUT2D eigenvalue weighted by Gasteiger charge is -2.06. The van der Waals surface area contributed by atoms with Gasteiger partial charge in [0.2, 0.25) is 5.91 Å². The SMILES string of the molecule is C=C(C)COCCNC(=O)CCCCCCC. The van der Waals surface area contributed by atoms with Crippen molar-refractivity contribution in [2.45, 2.75) is 52.4 Å². The van der Waals surface area contributed by atoms with Crippen molar-refractivity contribution in [3.8, 4) is 0 Å². The number of nitrogens with one attached hydrogen (secondary N) is 1. The highest BCUT2D eigenvalue weighted by atomic mass is 16.5. The summed E-state index contributed by atoms with van der Waals surface area (Å²) < 4.78 is 5.29. The fourth-order valence-corrected chi connectivity index (χ4v) is 1.49. The molecule has 0 aromatic heterocycles. The smallest absolute Gasteiger partial charge is 0.220 e. The number of carbonyl (C=O) groups is 1. The zero-order chi connectivity index (χ0) is 12.9. The van der Waals surface area contributed by atoms with Crippen LogP contribution < -0.4 is 5.32 Å². The van der Waals surface area contributed by atoms with Crippen molar-refractivity contribution in [3.05, 3.63) is 12.2 Å². The van der Waals surface area contributed by atoms with Gasteiger partial charge >= 0.3 is 0 Å². The summed E-state index contributed by atoms with van der Waals surface area (Å²) in [7, 11) is 0. The zero-order valence-corrected chi connectivity index (χ0v) is 11.4. The van der Waals surface area contributed by atoms with Crippen LogP contribution in [-0.2, 0) is 9.53 Å². The quantitative estimate of drug-likeness (QED) is 0.446. The van der Waals surface area contributed by atoms with Gasteiger partial charge in [-0.15, -0.1) is 0 Å². The van der Waals surface area contributed by atoms with E-state index >= 15 is 0 Å². The lowest BCUT2D eigenvalue weighted by atomic mass is 10.1. The zero-order valence-electron chi connectivity index (χ0n) is 11.4. The molecule has 0 spiro atoms. The van der Waals surface area contributed by atoms with Gasteiger partial charge in [0.25, 0.3) is 0 Å². The second-order valence-corrected chi connectivity index (χ2v) is 4.52. The number of ether oxygens (including phenoxy) is 1. The Bertz CT molecular complexity index is 214. The van der Waals surface area contributed by atoms with E-state index in [9.17, 15) is 4.79 Å². The van der Waals surface area contributed by atoms with Crippen LogP contribution in [0.2, 0.25) is 0 Å². The highest BCUT2D eigenvalue weighted by Crippen LogP contribution is 2.04. The molecule has 0 saturated heterocycles. The number of hydrogen-bond donors (Lipinski definition) is 1. The van der Waals surface area contributed by atoms with Crippen LogP contribution in [0.4, 0.5) is 0 Å². The minimum atomic E-state index is 0.139. The van der Waals surface area contributed by atoms with Gasteiger partial charge < -0.3 is 10.1 Å². The Kier molecular flexibility index (Phi) is 11.1. The van der Waals surface area contributed by atoms with Gasteiger partial charge in [-0.25, -0.2) is 0 Å². The summed E-state index contributed by atoms with van der Waals surface area (Å²) in [5, 5.41) is 2.85. The molecule has 0 aromatic carbocycles. The Morgan fingerprint density at radius 3 is 2.59 bits per heavy atom. The fourth-order valence-electron chi connectivity index (χ4n) is 1.49. The molecule has 0 bridgehead atoms. The van der Waals surface area contributed by atoms with Crippen LogP contribution in [0, 0.1) is 0 Å². The summed E-state index contributed by atoms with van der Waals surface area (Å²) in [6.07, 6.45) is 6.56. The van der Waals surface area contributed by atoms with Crippen molar-refractivity contribution >= 4 is 5.91 Å². The topological polar surface area (TPSA) is 38.3 Å². The fraction of sp³-hybridized carbons (Fsp3) is 0.786. The molecule has 1 N–H and O–H groups in total. The average Bonchev–Trinajstić information content (AvgIpc) is 2.28. The molecule has 0 atom stereocenters. The van der Waals surface area contributed by atoms with Crippen molar-refractivity contribution in [3.63, 3.8) is 0 Å². The van der Waals surface area contributed by atoms with E-state index in [1.165, 1.54) is 19.3 Å². The van der Waals surface area contributed by atoms with Gasteiger partial charge in [-0.05, 0) is 13.3 Å². The molecule has 1 amide bonds. The van der Waals surface area contributed by atoms with E-state index in [1.54, 1.807) is 0 Å². The summed E-state index contributed by atoms with van der Waals surface area (Å²) in [5.41, 5.74) is 1.01. The van der Waals surface area contributed by atoms with E-state index in [1.807, 2.05) is 6.92 Å². The normalized spacial score (nSPS) is 10.2. The monoisotopic (exact) mass is 241 g/mol. The third kappa shape index (κ3) is 13.1. The van der Waals surface area contributed by atoms with E-state index in [0.717, 1.165) is 18.4 Å². The molecule has 100 valence electrons. The Morgan fingerprint density at radius 1 is 1.24 bits per heavy atom. The molecule has 0 aliphatic heterocycles. The molecule has 0 rings (SSSR count). The molecule has 0 unspecified atom stereocenters. The Labute approximate surface area is 106 Å². The standard InChI is InChI=1S/C14H27NO2/c1-4-5-6-7-8-9-14(16)15-10-11-17-12-13(2)3/h2,4-12H2,1,3H3,(H,15,16). The van der Waals surface area contributed by atoms with Crippen molar-refractivity contribution in [1.29, 1.82) is 0 Å². The molecule has 0 aliphatic carbocycles. The van der Waals surface area contributed by atoms with E-state index in [4.69, 9.17) is 4.74 Å². The van der Waals surface area contributed by atoms with E-state index in [2.05, 4.69) is 18.8 Å². The Hall–Kier alpha value is -0.830. The van der Waals surface area contributed by atoms with Crippen molar-refractivity contribution in [1.82, 2.24) is 5.32 Å². The lowest BCUT2D eigenvalue weighted by molar-refractivity contribution is -0.121. The largest absolute Gasteiger partial charge is 0.375 e. The van der Waals surface area contributed by atoms with Crippen LogP contribution in [0.25, 0.3) is 0 Å². The molecule has 3 nitrogen and oxygen atoms in total. The second kappa shape index (κ2) is 11.6. The molecule has 3 heteroatoms. The second-order valence-electron chi connectivity index (χ2n) is 4.52. The predicted molar refractivity (Wildman–Crippen MR) is 72.0 cm³/mol. The van der Waals surface area contributed by atoms with Gasteiger partial charge in [-0.1, -0.05) is 44.8 Å². The third-order valence-corrected chi connectivity index (χ3v) is 2.42. The van der Waals surface area contributed by atoms with Crippen molar-refractivity contribution in [2.24, 2.45) is 0 Å². The molecule has 0 saturated carbocycles. The first-order chi connectivity index (χ1) is 8.16. The van der Waals surface area contributed by atoms with Crippen LogP contribution in [0.3, 0.4) is 0 Å². The minimum Gasteiger partial charge on any atom is -0.375 e. The summed E-state index contributed by atoms with van der Waals surface area (Å²) in [5.74, 6) is 0.139. The van der Waals surface area contributed by atoms with E-state index < -0.39 is 0 Å². The first-order valence-electron chi connectivity index (χ1n) is 6.65. The minimum absolute atomic E-state index is 0.139. The van der Waals surface area contributed by atoms with Crippen LogP contribution >= 0.6 is 0 Å². The lowest BCUT2D eigenvalue weighted by Crippen LogP contribution is -2.27. The summed E-state index contributed by atoms with van der Waals surface area (Å²) in [6, 6.07) is 0. The van der Waals surface area contributed by atoms with Crippen LogP contribution in [0.5, 0.6) is 0 Å². The summed E-state index contributed by atoms with van der Waals surface area (Å²) in [6.45, 7) is 9.60. The number of hydrogen-bond acceptors (Lipinski definition) is 2. The predicted octanol–water partition coefficient (Wildman–Crippen LogP) is 3.06. The molecule has 17 heavy (non-hydrogen) atoms. The van der Waals surface area contributed by atoms with E-state index in [0.29, 0.717) is 26.2 Å². The van der Waals surface area contributed by atoms with E-state index in [-0.39, 0.29) is 5.91 Å². The molecule has 0 aromatic rings. The highest BCUT2D eigenvalue weighted by molar-refractivity contribution is 5.75. The van der Waals surface area contributed by atoms with Gasteiger partial charge in [-0.2, -0.15) is 0 Å². The maximum atomic E-state index is 11.4. The highest BCUT2D eigenvalue weighted by Gasteiger charge is 1.99.